The largest absolute Gasteiger partial charge is 0.375 e. The standard InChI is InChI=1S/C20H23N5O5.2ClH/c21-9-11-3-2-8-24(11)16(27)10-22-13-5-1-4-12-17(13)20(30)25(19(12)29)14-6-7-15(26)23-18(14)28;;/h1,4-5,11,14,22H,2-3,6-10,21H2,(H,23,26,28);2*1H/t11-,14?;;/m1../s1. The Hall–Kier alpha value is -2.69. The Balaban J connectivity index is 0.00000181. The number of rotatable bonds is 5. The molecular weight excluding hydrogens is 461 g/mol. The highest BCUT2D eigenvalue weighted by Crippen LogP contribution is 2.32. The van der Waals surface area contributed by atoms with Gasteiger partial charge in [-0.05, 0) is 31.4 Å². The molecule has 4 rings (SSSR count). The molecule has 2 saturated heterocycles. The van der Waals surface area contributed by atoms with Crippen LogP contribution in [0.5, 0.6) is 0 Å². The lowest BCUT2D eigenvalue weighted by molar-refractivity contribution is -0.136. The summed E-state index contributed by atoms with van der Waals surface area (Å²) in [4.78, 5) is 64.7. The predicted molar refractivity (Wildman–Crippen MR) is 120 cm³/mol. The average Bonchev–Trinajstić information content (AvgIpc) is 3.30. The van der Waals surface area contributed by atoms with E-state index in [-0.39, 0.29) is 67.3 Å². The normalized spacial score (nSPS) is 22.2. The van der Waals surface area contributed by atoms with Crippen molar-refractivity contribution in [3.63, 3.8) is 0 Å². The topological polar surface area (TPSA) is 142 Å². The highest BCUT2D eigenvalue weighted by atomic mass is 35.5. The molecule has 174 valence electrons. The number of halogens is 2. The van der Waals surface area contributed by atoms with E-state index in [2.05, 4.69) is 10.6 Å². The van der Waals surface area contributed by atoms with Crippen LogP contribution in [0.3, 0.4) is 0 Å². The lowest BCUT2D eigenvalue weighted by atomic mass is 10.0. The highest BCUT2D eigenvalue weighted by Gasteiger charge is 2.45. The van der Waals surface area contributed by atoms with E-state index in [1.165, 1.54) is 6.07 Å². The third kappa shape index (κ3) is 4.43. The Bertz CT molecular complexity index is 956. The molecule has 32 heavy (non-hydrogen) atoms. The molecule has 3 aliphatic rings. The summed E-state index contributed by atoms with van der Waals surface area (Å²) in [6.07, 6.45) is 1.92. The van der Waals surface area contributed by atoms with Gasteiger partial charge in [0.25, 0.3) is 11.8 Å². The molecule has 1 unspecified atom stereocenters. The number of carbonyl (C=O) groups excluding carboxylic acids is 5. The van der Waals surface area contributed by atoms with Gasteiger partial charge in [-0.25, -0.2) is 0 Å². The van der Waals surface area contributed by atoms with Crippen molar-refractivity contribution in [3.05, 3.63) is 29.3 Å². The van der Waals surface area contributed by atoms with Gasteiger partial charge in [0.1, 0.15) is 6.04 Å². The molecule has 0 saturated carbocycles. The summed E-state index contributed by atoms with van der Waals surface area (Å²) in [5, 5.41) is 5.14. The van der Waals surface area contributed by atoms with E-state index in [4.69, 9.17) is 5.73 Å². The van der Waals surface area contributed by atoms with Gasteiger partial charge in [0.05, 0.1) is 17.7 Å². The molecule has 0 spiro atoms. The monoisotopic (exact) mass is 485 g/mol. The molecule has 12 heteroatoms. The zero-order chi connectivity index (χ0) is 21.4. The van der Waals surface area contributed by atoms with Crippen molar-refractivity contribution in [1.29, 1.82) is 0 Å². The van der Waals surface area contributed by atoms with Crippen molar-refractivity contribution < 1.29 is 24.0 Å². The molecule has 2 fully saturated rings. The van der Waals surface area contributed by atoms with Crippen molar-refractivity contribution in [3.8, 4) is 0 Å². The van der Waals surface area contributed by atoms with Gasteiger partial charge < -0.3 is 16.0 Å². The number of hydrogen-bond donors (Lipinski definition) is 3. The number of nitrogens with two attached hydrogens (primary N) is 1. The predicted octanol–water partition coefficient (Wildman–Crippen LogP) is 0.293. The molecule has 5 amide bonds. The first kappa shape index (κ1) is 25.6. The van der Waals surface area contributed by atoms with Crippen LogP contribution in [-0.4, -0.2) is 71.1 Å². The Labute approximate surface area is 197 Å². The van der Waals surface area contributed by atoms with Crippen molar-refractivity contribution in [2.75, 3.05) is 25.0 Å². The number of benzene rings is 1. The Morgan fingerprint density at radius 1 is 1.12 bits per heavy atom. The molecule has 1 aromatic carbocycles. The van der Waals surface area contributed by atoms with Crippen molar-refractivity contribution >= 4 is 60.0 Å². The number of carbonyl (C=O) groups is 5. The summed E-state index contributed by atoms with van der Waals surface area (Å²) < 4.78 is 0. The zero-order valence-corrected chi connectivity index (χ0v) is 18.8. The summed E-state index contributed by atoms with van der Waals surface area (Å²) in [7, 11) is 0. The van der Waals surface area contributed by atoms with E-state index in [0.717, 1.165) is 17.7 Å². The Morgan fingerprint density at radius 2 is 1.88 bits per heavy atom. The van der Waals surface area contributed by atoms with Crippen LogP contribution in [-0.2, 0) is 14.4 Å². The minimum Gasteiger partial charge on any atom is -0.375 e. The fraction of sp³-hybridized carbons (Fsp3) is 0.450. The highest BCUT2D eigenvalue weighted by molar-refractivity contribution is 6.25. The number of fused-ring (bicyclic) bond motifs is 1. The molecule has 0 aromatic heterocycles. The maximum atomic E-state index is 13.0. The van der Waals surface area contributed by atoms with Gasteiger partial charge in [-0.3, -0.25) is 34.2 Å². The Kier molecular flexibility index (Phi) is 8.22. The maximum absolute atomic E-state index is 13.0. The molecule has 4 N–H and O–H groups in total. The summed E-state index contributed by atoms with van der Waals surface area (Å²) in [6.45, 7) is 1.02. The summed E-state index contributed by atoms with van der Waals surface area (Å²) in [5.74, 6) is -2.40. The maximum Gasteiger partial charge on any atom is 0.264 e. The van der Waals surface area contributed by atoms with Gasteiger partial charge in [-0.1, -0.05) is 6.07 Å². The van der Waals surface area contributed by atoms with Crippen LogP contribution in [0.15, 0.2) is 18.2 Å². The smallest absolute Gasteiger partial charge is 0.264 e. The van der Waals surface area contributed by atoms with Gasteiger partial charge in [0.2, 0.25) is 17.7 Å². The number of imide groups is 2. The van der Waals surface area contributed by atoms with Gasteiger partial charge >= 0.3 is 0 Å². The third-order valence-corrected chi connectivity index (χ3v) is 5.87. The fourth-order valence-corrected chi connectivity index (χ4v) is 4.34. The van der Waals surface area contributed by atoms with Crippen LogP contribution >= 0.6 is 24.8 Å². The minimum absolute atomic E-state index is 0. The molecule has 0 bridgehead atoms. The van der Waals surface area contributed by atoms with E-state index in [1.54, 1.807) is 17.0 Å². The first-order chi connectivity index (χ1) is 14.4. The van der Waals surface area contributed by atoms with Crippen LogP contribution in [0.4, 0.5) is 5.69 Å². The molecule has 3 aliphatic heterocycles. The van der Waals surface area contributed by atoms with Crippen molar-refractivity contribution in [2.24, 2.45) is 5.73 Å². The van der Waals surface area contributed by atoms with Crippen molar-refractivity contribution in [1.82, 2.24) is 15.1 Å². The number of anilines is 1. The zero-order valence-electron chi connectivity index (χ0n) is 17.2. The molecule has 0 radical (unpaired) electrons. The van der Waals surface area contributed by atoms with Crippen LogP contribution < -0.4 is 16.4 Å². The van der Waals surface area contributed by atoms with E-state index in [1.807, 2.05) is 0 Å². The van der Waals surface area contributed by atoms with Gasteiger partial charge in [0.15, 0.2) is 0 Å². The van der Waals surface area contributed by atoms with E-state index >= 15 is 0 Å². The molecule has 2 atom stereocenters. The molecular formula is C20H25Cl2N5O5. The lowest BCUT2D eigenvalue weighted by Gasteiger charge is -2.27. The van der Waals surface area contributed by atoms with E-state index in [9.17, 15) is 24.0 Å². The van der Waals surface area contributed by atoms with Gasteiger partial charge in [-0.15, -0.1) is 24.8 Å². The average molecular weight is 486 g/mol. The summed E-state index contributed by atoms with van der Waals surface area (Å²) in [6, 6.07) is 3.74. The van der Waals surface area contributed by atoms with E-state index < -0.39 is 29.7 Å². The molecule has 3 heterocycles. The number of nitrogens with zero attached hydrogens (tertiary/aromatic N) is 2. The quantitative estimate of drug-likeness (QED) is 0.508. The van der Waals surface area contributed by atoms with Crippen LogP contribution in [0.2, 0.25) is 0 Å². The number of amides is 5. The van der Waals surface area contributed by atoms with E-state index in [0.29, 0.717) is 18.8 Å². The van der Waals surface area contributed by atoms with Crippen molar-refractivity contribution in [2.45, 2.75) is 37.8 Å². The first-order valence-corrected chi connectivity index (χ1v) is 10.0. The number of piperidine rings is 1. The second-order valence-electron chi connectivity index (χ2n) is 7.65. The molecule has 1 aromatic rings. The van der Waals surface area contributed by atoms with Crippen LogP contribution in [0.25, 0.3) is 0 Å². The van der Waals surface area contributed by atoms with Crippen LogP contribution in [0, 0.1) is 0 Å². The number of hydrogen-bond acceptors (Lipinski definition) is 7. The lowest BCUT2D eigenvalue weighted by Crippen LogP contribution is -2.54. The summed E-state index contributed by atoms with van der Waals surface area (Å²) >= 11 is 0. The Morgan fingerprint density at radius 3 is 2.56 bits per heavy atom. The SMILES string of the molecule is Cl.Cl.NC[C@H]1CCCN1C(=O)CNc1cccc2c1C(=O)N(C1CCC(=O)NC1=O)C2=O. The second kappa shape index (κ2) is 10.3. The third-order valence-electron chi connectivity index (χ3n) is 5.87. The molecule has 10 nitrogen and oxygen atoms in total. The van der Waals surface area contributed by atoms with Crippen LogP contribution in [0.1, 0.15) is 46.4 Å². The number of likely N-dealkylation sites (tertiary alicyclic amines) is 1. The molecule has 0 aliphatic carbocycles. The summed E-state index contributed by atoms with van der Waals surface area (Å²) in [5.41, 5.74) is 6.39. The number of nitrogens with one attached hydrogen (secondary N) is 2. The first-order valence-electron chi connectivity index (χ1n) is 10.0. The van der Waals surface area contributed by atoms with Gasteiger partial charge in [-0.2, -0.15) is 0 Å². The minimum atomic E-state index is -1.03. The fourth-order valence-electron chi connectivity index (χ4n) is 4.34. The second-order valence-corrected chi connectivity index (χ2v) is 7.65. The van der Waals surface area contributed by atoms with Gasteiger partial charge in [0, 0.05) is 31.2 Å².